The van der Waals surface area contributed by atoms with Crippen LogP contribution in [0, 0.1) is 5.82 Å². The van der Waals surface area contributed by atoms with Crippen molar-refractivity contribution < 1.29 is 23.3 Å². The predicted molar refractivity (Wildman–Crippen MR) is 110 cm³/mol. The first-order valence-corrected chi connectivity index (χ1v) is 9.09. The molecule has 2 aromatic carbocycles. The van der Waals surface area contributed by atoms with Gasteiger partial charge in [-0.1, -0.05) is 0 Å². The van der Waals surface area contributed by atoms with E-state index in [-0.39, 0.29) is 5.82 Å². The first-order valence-electron chi connectivity index (χ1n) is 9.09. The minimum atomic E-state index is -0.384. The highest BCUT2D eigenvalue weighted by Gasteiger charge is 2.21. The summed E-state index contributed by atoms with van der Waals surface area (Å²) < 4.78 is 37.4. The molecule has 30 heavy (non-hydrogen) atoms. The standard InChI is InChI=1S/C22H20FN3O4/c1-27-17-8-7-13(23)10-16(17)20-15-6-5-9-24-22(15)26(25-20)14-11-18(28-2)21(30-4)19(12-14)29-3/h5-12H,1-4H3. The second-order valence-corrected chi connectivity index (χ2v) is 6.36. The van der Waals surface area contributed by atoms with Gasteiger partial charge < -0.3 is 18.9 Å². The average molecular weight is 409 g/mol. The molecule has 0 amide bonds. The molecule has 0 aliphatic rings. The number of benzene rings is 2. The molecule has 154 valence electrons. The van der Waals surface area contributed by atoms with E-state index < -0.39 is 0 Å². The van der Waals surface area contributed by atoms with Gasteiger partial charge in [0.05, 0.1) is 34.1 Å². The zero-order chi connectivity index (χ0) is 21.3. The molecule has 0 saturated carbocycles. The summed E-state index contributed by atoms with van der Waals surface area (Å²) in [5.41, 5.74) is 2.31. The Bertz CT molecular complexity index is 1200. The van der Waals surface area contributed by atoms with Crippen LogP contribution in [0.2, 0.25) is 0 Å². The molecular formula is C22H20FN3O4. The molecule has 0 unspecified atom stereocenters. The fraction of sp³-hybridized carbons (Fsp3) is 0.182. The van der Waals surface area contributed by atoms with Crippen LogP contribution in [0.15, 0.2) is 48.7 Å². The van der Waals surface area contributed by atoms with E-state index in [0.29, 0.717) is 45.6 Å². The average Bonchev–Trinajstić information content (AvgIpc) is 3.17. The van der Waals surface area contributed by atoms with Gasteiger partial charge >= 0.3 is 0 Å². The molecule has 0 aliphatic carbocycles. The SMILES string of the molecule is COc1ccc(F)cc1-c1nn(-c2cc(OC)c(OC)c(OC)c2)c2ncccc12. The molecule has 0 aliphatic heterocycles. The number of methoxy groups -OCH3 is 4. The van der Waals surface area contributed by atoms with E-state index in [1.807, 2.05) is 6.07 Å². The van der Waals surface area contributed by atoms with Crippen LogP contribution in [-0.4, -0.2) is 43.2 Å². The minimum Gasteiger partial charge on any atom is -0.496 e. The van der Waals surface area contributed by atoms with Crippen LogP contribution >= 0.6 is 0 Å². The van der Waals surface area contributed by atoms with Crippen molar-refractivity contribution in [2.75, 3.05) is 28.4 Å². The lowest BCUT2D eigenvalue weighted by Gasteiger charge is -2.14. The van der Waals surface area contributed by atoms with Crippen LogP contribution in [0.4, 0.5) is 4.39 Å². The van der Waals surface area contributed by atoms with Gasteiger partial charge in [-0.25, -0.2) is 14.1 Å². The third kappa shape index (κ3) is 3.16. The minimum absolute atomic E-state index is 0.384. The molecule has 0 spiro atoms. The predicted octanol–water partition coefficient (Wildman–Crippen LogP) is 4.26. The zero-order valence-electron chi connectivity index (χ0n) is 17.0. The summed E-state index contributed by atoms with van der Waals surface area (Å²) in [6, 6.07) is 11.5. The van der Waals surface area contributed by atoms with Crippen molar-refractivity contribution in [2.45, 2.75) is 0 Å². The monoisotopic (exact) mass is 409 g/mol. The lowest BCUT2D eigenvalue weighted by molar-refractivity contribution is 0.324. The summed E-state index contributed by atoms with van der Waals surface area (Å²) in [5, 5.41) is 5.49. The van der Waals surface area contributed by atoms with Gasteiger partial charge in [-0.15, -0.1) is 0 Å². The number of hydrogen-bond acceptors (Lipinski definition) is 6. The molecule has 7 nitrogen and oxygen atoms in total. The number of aromatic nitrogens is 3. The molecule has 0 fully saturated rings. The lowest BCUT2D eigenvalue weighted by Crippen LogP contribution is -2.02. The number of nitrogens with zero attached hydrogens (tertiary/aromatic N) is 3. The molecule has 0 atom stereocenters. The van der Waals surface area contributed by atoms with E-state index in [1.165, 1.54) is 19.2 Å². The number of rotatable bonds is 6. The molecule has 8 heteroatoms. The highest BCUT2D eigenvalue weighted by Crippen LogP contribution is 2.41. The summed E-state index contributed by atoms with van der Waals surface area (Å²) >= 11 is 0. The van der Waals surface area contributed by atoms with Crippen LogP contribution in [0.3, 0.4) is 0 Å². The number of pyridine rings is 1. The van der Waals surface area contributed by atoms with Gasteiger partial charge in [-0.3, -0.25) is 0 Å². The third-order valence-corrected chi connectivity index (χ3v) is 4.75. The Balaban J connectivity index is 2.01. The highest BCUT2D eigenvalue weighted by molar-refractivity contribution is 5.93. The van der Waals surface area contributed by atoms with Crippen LogP contribution in [-0.2, 0) is 0 Å². The molecule has 0 radical (unpaired) electrons. The highest BCUT2D eigenvalue weighted by atomic mass is 19.1. The van der Waals surface area contributed by atoms with E-state index in [9.17, 15) is 4.39 Å². The Morgan fingerprint density at radius 2 is 1.53 bits per heavy atom. The molecule has 0 N–H and O–H groups in total. The van der Waals surface area contributed by atoms with Crippen molar-refractivity contribution in [1.82, 2.24) is 14.8 Å². The number of ether oxygens (including phenoxy) is 4. The Morgan fingerprint density at radius 3 is 2.17 bits per heavy atom. The summed E-state index contributed by atoms with van der Waals surface area (Å²) in [4.78, 5) is 4.49. The number of halogens is 1. The van der Waals surface area contributed by atoms with Gasteiger partial charge in [0.25, 0.3) is 0 Å². The van der Waals surface area contributed by atoms with Crippen molar-refractivity contribution in [3.05, 3.63) is 54.5 Å². The van der Waals surface area contributed by atoms with E-state index in [2.05, 4.69) is 4.98 Å². The van der Waals surface area contributed by atoms with Gasteiger partial charge in [0.2, 0.25) is 5.75 Å². The maximum absolute atomic E-state index is 14.0. The quantitative estimate of drug-likeness (QED) is 0.474. The fourth-order valence-electron chi connectivity index (χ4n) is 3.39. The van der Waals surface area contributed by atoms with Gasteiger partial charge in [-0.2, -0.15) is 5.10 Å². The molecule has 4 rings (SSSR count). The maximum Gasteiger partial charge on any atom is 0.203 e. The molecule has 2 heterocycles. The third-order valence-electron chi connectivity index (χ3n) is 4.75. The van der Waals surface area contributed by atoms with Crippen molar-refractivity contribution in [3.63, 3.8) is 0 Å². The lowest BCUT2D eigenvalue weighted by atomic mass is 10.1. The smallest absolute Gasteiger partial charge is 0.203 e. The van der Waals surface area contributed by atoms with Gasteiger partial charge in [0, 0.05) is 29.3 Å². The second-order valence-electron chi connectivity index (χ2n) is 6.36. The van der Waals surface area contributed by atoms with Crippen molar-refractivity contribution in [2.24, 2.45) is 0 Å². The topological polar surface area (TPSA) is 67.6 Å². The van der Waals surface area contributed by atoms with Gasteiger partial charge in [0.15, 0.2) is 17.1 Å². The van der Waals surface area contributed by atoms with Crippen molar-refractivity contribution in [3.8, 4) is 39.9 Å². The van der Waals surface area contributed by atoms with Gasteiger partial charge in [0.1, 0.15) is 17.3 Å². The molecular weight excluding hydrogens is 389 g/mol. The normalized spacial score (nSPS) is 10.8. The van der Waals surface area contributed by atoms with Crippen LogP contribution in [0.25, 0.3) is 28.0 Å². The Labute approximate surface area is 172 Å². The van der Waals surface area contributed by atoms with Gasteiger partial charge in [-0.05, 0) is 30.3 Å². The van der Waals surface area contributed by atoms with E-state index in [0.717, 1.165) is 5.39 Å². The molecule has 4 aromatic rings. The number of fused-ring (bicyclic) bond motifs is 1. The maximum atomic E-state index is 14.0. The Hall–Kier alpha value is -3.81. The summed E-state index contributed by atoms with van der Waals surface area (Å²) in [6.07, 6.45) is 1.67. The molecule has 0 bridgehead atoms. The van der Waals surface area contributed by atoms with Crippen molar-refractivity contribution in [1.29, 1.82) is 0 Å². The van der Waals surface area contributed by atoms with Crippen LogP contribution in [0.5, 0.6) is 23.0 Å². The first kappa shape index (κ1) is 19.5. The summed E-state index contributed by atoms with van der Waals surface area (Å²) in [6.45, 7) is 0. The largest absolute Gasteiger partial charge is 0.496 e. The van der Waals surface area contributed by atoms with E-state index in [4.69, 9.17) is 24.0 Å². The Morgan fingerprint density at radius 1 is 0.833 bits per heavy atom. The van der Waals surface area contributed by atoms with Crippen LogP contribution < -0.4 is 18.9 Å². The first-order chi connectivity index (χ1) is 14.6. The fourth-order valence-corrected chi connectivity index (χ4v) is 3.39. The Kier molecular flexibility index (Phi) is 5.14. The van der Waals surface area contributed by atoms with E-state index in [1.54, 1.807) is 56.5 Å². The second kappa shape index (κ2) is 7.90. The summed E-state index contributed by atoms with van der Waals surface area (Å²) in [7, 11) is 6.17. The van der Waals surface area contributed by atoms with Crippen molar-refractivity contribution >= 4 is 11.0 Å². The number of hydrogen-bond donors (Lipinski definition) is 0. The molecule has 2 aromatic heterocycles. The van der Waals surface area contributed by atoms with Crippen LogP contribution in [0.1, 0.15) is 0 Å². The zero-order valence-corrected chi connectivity index (χ0v) is 17.0. The van der Waals surface area contributed by atoms with E-state index >= 15 is 0 Å². The molecule has 0 saturated heterocycles. The summed E-state index contributed by atoms with van der Waals surface area (Å²) in [5.74, 6) is 1.56.